The predicted octanol–water partition coefficient (Wildman–Crippen LogP) is 2.91. The fraction of sp³-hybridized carbons (Fsp3) is 0.0556. The Labute approximate surface area is 137 Å². The molecule has 0 aliphatic heterocycles. The molecular formula is C18H15N5O. The van der Waals surface area contributed by atoms with Crippen LogP contribution in [-0.2, 0) is 6.54 Å². The van der Waals surface area contributed by atoms with Gasteiger partial charge in [0.25, 0.3) is 0 Å². The zero-order chi connectivity index (χ0) is 16.4. The first kappa shape index (κ1) is 14.2. The highest BCUT2D eigenvalue weighted by Crippen LogP contribution is 2.20. The summed E-state index contributed by atoms with van der Waals surface area (Å²) in [6, 6.07) is 19.5. The SMILES string of the molecule is O=c1[nH]c2c(Nc3ccccc3)ncnc2n1Cc1ccccc1. The van der Waals surface area contributed by atoms with Crippen molar-refractivity contribution in [3.05, 3.63) is 83.0 Å². The monoisotopic (exact) mass is 317 g/mol. The number of anilines is 2. The van der Waals surface area contributed by atoms with E-state index in [4.69, 9.17) is 0 Å². The van der Waals surface area contributed by atoms with E-state index in [1.54, 1.807) is 4.57 Å². The van der Waals surface area contributed by atoms with Gasteiger partial charge in [-0.3, -0.25) is 4.57 Å². The largest absolute Gasteiger partial charge is 0.338 e. The van der Waals surface area contributed by atoms with Gasteiger partial charge in [-0.1, -0.05) is 48.5 Å². The lowest BCUT2D eigenvalue weighted by atomic mass is 10.2. The van der Waals surface area contributed by atoms with Gasteiger partial charge in [0.15, 0.2) is 11.5 Å². The number of H-pyrrole nitrogens is 1. The van der Waals surface area contributed by atoms with Gasteiger partial charge in [0.2, 0.25) is 0 Å². The van der Waals surface area contributed by atoms with Crippen LogP contribution in [0.2, 0.25) is 0 Å². The van der Waals surface area contributed by atoms with Crippen LogP contribution in [0.4, 0.5) is 11.5 Å². The van der Waals surface area contributed by atoms with E-state index in [-0.39, 0.29) is 5.69 Å². The molecule has 118 valence electrons. The Balaban J connectivity index is 1.76. The third-order valence-electron chi connectivity index (χ3n) is 3.78. The highest BCUT2D eigenvalue weighted by atomic mass is 16.1. The average molecular weight is 317 g/mol. The van der Waals surface area contributed by atoms with E-state index in [9.17, 15) is 4.79 Å². The molecule has 0 saturated carbocycles. The van der Waals surface area contributed by atoms with Gasteiger partial charge in [-0.2, -0.15) is 0 Å². The van der Waals surface area contributed by atoms with Gasteiger partial charge >= 0.3 is 5.69 Å². The molecular weight excluding hydrogens is 302 g/mol. The second-order valence-corrected chi connectivity index (χ2v) is 5.41. The van der Waals surface area contributed by atoms with Crippen LogP contribution in [0.25, 0.3) is 11.2 Å². The lowest BCUT2D eigenvalue weighted by Gasteiger charge is -2.06. The Hall–Kier alpha value is -3.41. The van der Waals surface area contributed by atoms with Crippen molar-refractivity contribution in [1.82, 2.24) is 19.5 Å². The van der Waals surface area contributed by atoms with Crippen molar-refractivity contribution >= 4 is 22.7 Å². The highest BCUT2D eigenvalue weighted by Gasteiger charge is 2.13. The predicted molar refractivity (Wildman–Crippen MR) is 93.4 cm³/mol. The maximum atomic E-state index is 12.4. The number of nitrogens with zero attached hydrogens (tertiary/aromatic N) is 3. The molecule has 0 fully saturated rings. The van der Waals surface area contributed by atoms with Gasteiger partial charge in [0.1, 0.15) is 11.8 Å². The zero-order valence-corrected chi connectivity index (χ0v) is 12.8. The number of hydrogen-bond donors (Lipinski definition) is 2. The molecule has 24 heavy (non-hydrogen) atoms. The Morgan fingerprint density at radius 3 is 2.42 bits per heavy atom. The topological polar surface area (TPSA) is 75.6 Å². The van der Waals surface area contributed by atoms with E-state index in [1.165, 1.54) is 6.33 Å². The number of para-hydroxylation sites is 1. The van der Waals surface area contributed by atoms with Crippen molar-refractivity contribution in [2.24, 2.45) is 0 Å². The second-order valence-electron chi connectivity index (χ2n) is 5.41. The maximum absolute atomic E-state index is 12.4. The molecule has 2 heterocycles. The second kappa shape index (κ2) is 6.00. The molecule has 0 spiro atoms. The molecule has 0 aliphatic carbocycles. The van der Waals surface area contributed by atoms with Gasteiger partial charge in [-0.05, 0) is 17.7 Å². The first-order valence-corrected chi connectivity index (χ1v) is 7.61. The van der Waals surface area contributed by atoms with Gasteiger partial charge in [0, 0.05) is 5.69 Å². The van der Waals surface area contributed by atoms with Crippen LogP contribution in [-0.4, -0.2) is 19.5 Å². The third-order valence-corrected chi connectivity index (χ3v) is 3.78. The standard InChI is InChI=1S/C18H15N5O/c24-18-22-15-16(21-14-9-5-2-6-10-14)19-12-20-17(15)23(18)11-13-7-3-1-4-8-13/h1-10,12H,11H2,(H,22,24)(H,19,20,21). The average Bonchev–Trinajstić information content (AvgIpc) is 2.94. The minimum atomic E-state index is -0.203. The molecule has 0 bridgehead atoms. The summed E-state index contributed by atoms with van der Waals surface area (Å²) in [5.74, 6) is 0.579. The first-order valence-electron chi connectivity index (χ1n) is 7.61. The van der Waals surface area contributed by atoms with Crippen LogP contribution < -0.4 is 11.0 Å². The number of aromatic amines is 1. The zero-order valence-electron chi connectivity index (χ0n) is 12.8. The van der Waals surface area contributed by atoms with Gasteiger partial charge in [-0.15, -0.1) is 0 Å². The first-order chi connectivity index (χ1) is 11.8. The van der Waals surface area contributed by atoms with Gasteiger partial charge in [0.05, 0.1) is 6.54 Å². The number of benzene rings is 2. The van der Waals surface area contributed by atoms with Crippen LogP contribution in [0.1, 0.15) is 5.56 Å². The molecule has 2 aromatic heterocycles. The molecule has 0 aliphatic rings. The van der Waals surface area contributed by atoms with Crippen molar-refractivity contribution in [1.29, 1.82) is 0 Å². The summed E-state index contributed by atoms with van der Waals surface area (Å²) in [7, 11) is 0. The van der Waals surface area contributed by atoms with E-state index in [0.29, 0.717) is 23.5 Å². The molecule has 0 atom stereocenters. The fourth-order valence-corrected chi connectivity index (χ4v) is 2.63. The Kier molecular flexibility index (Phi) is 3.55. The Bertz CT molecular complexity index is 1020. The highest BCUT2D eigenvalue weighted by molar-refractivity contribution is 5.85. The molecule has 0 radical (unpaired) electrons. The van der Waals surface area contributed by atoms with Crippen LogP contribution in [0.5, 0.6) is 0 Å². The lowest BCUT2D eigenvalue weighted by Crippen LogP contribution is -2.17. The number of aromatic nitrogens is 4. The van der Waals surface area contributed by atoms with Gasteiger partial charge < -0.3 is 10.3 Å². The molecule has 0 amide bonds. The number of nitrogens with one attached hydrogen (secondary N) is 2. The summed E-state index contributed by atoms with van der Waals surface area (Å²) in [5, 5.41) is 3.22. The summed E-state index contributed by atoms with van der Waals surface area (Å²) in [4.78, 5) is 23.8. The molecule has 4 rings (SSSR count). The van der Waals surface area contributed by atoms with Crippen LogP contribution in [0, 0.1) is 0 Å². The quantitative estimate of drug-likeness (QED) is 0.607. The number of rotatable bonds is 4. The summed E-state index contributed by atoms with van der Waals surface area (Å²) in [6.45, 7) is 0.460. The third kappa shape index (κ3) is 2.65. The summed E-state index contributed by atoms with van der Waals surface area (Å²) >= 11 is 0. The molecule has 2 N–H and O–H groups in total. The van der Waals surface area contributed by atoms with E-state index < -0.39 is 0 Å². The van der Waals surface area contributed by atoms with E-state index in [2.05, 4.69) is 20.3 Å². The number of imidazole rings is 1. The van der Waals surface area contributed by atoms with Crippen molar-refractivity contribution < 1.29 is 0 Å². The summed E-state index contributed by atoms with van der Waals surface area (Å²) in [6.07, 6.45) is 1.46. The molecule has 0 unspecified atom stereocenters. The van der Waals surface area contributed by atoms with Crippen molar-refractivity contribution in [3.8, 4) is 0 Å². The molecule has 4 aromatic rings. The van der Waals surface area contributed by atoms with E-state index in [0.717, 1.165) is 11.3 Å². The molecule has 6 heteroatoms. The maximum Gasteiger partial charge on any atom is 0.328 e. The Morgan fingerprint density at radius 2 is 1.67 bits per heavy atom. The fourth-order valence-electron chi connectivity index (χ4n) is 2.63. The Morgan fingerprint density at radius 1 is 0.958 bits per heavy atom. The molecule has 6 nitrogen and oxygen atoms in total. The van der Waals surface area contributed by atoms with Crippen molar-refractivity contribution in [2.75, 3.05) is 5.32 Å². The summed E-state index contributed by atoms with van der Waals surface area (Å²) in [5.41, 5.74) is 2.91. The van der Waals surface area contributed by atoms with Crippen molar-refractivity contribution in [3.63, 3.8) is 0 Å². The van der Waals surface area contributed by atoms with E-state index >= 15 is 0 Å². The lowest BCUT2D eigenvalue weighted by molar-refractivity contribution is 0.777. The summed E-state index contributed by atoms with van der Waals surface area (Å²) < 4.78 is 1.61. The molecule has 2 aromatic carbocycles. The minimum absolute atomic E-state index is 0.203. The number of fused-ring (bicyclic) bond motifs is 1. The smallest absolute Gasteiger partial charge is 0.328 e. The molecule has 0 saturated heterocycles. The van der Waals surface area contributed by atoms with Gasteiger partial charge in [-0.25, -0.2) is 14.8 Å². The van der Waals surface area contributed by atoms with Crippen LogP contribution in [0.15, 0.2) is 71.8 Å². The minimum Gasteiger partial charge on any atom is -0.338 e. The van der Waals surface area contributed by atoms with E-state index in [1.807, 2.05) is 60.7 Å². The van der Waals surface area contributed by atoms with Crippen LogP contribution in [0.3, 0.4) is 0 Å². The normalized spacial score (nSPS) is 10.8. The van der Waals surface area contributed by atoms with Crippen LogP contribution >= 0.6 is 0 Å². The van der Waals surface area contributed by atoms with Crippen molar-refractivity contribution in [2.45, 2.75) is 6.54 Å². The number of hydrogen-bond acceptors (Lipinski definition) is 4.